The minimum Gasteiger partial charge on any atom is -0.369 e. The molecule has 1 aromatic carbocycles. The molecule has 1 N–H and O–H groups in total. The van der Waals surface area contributed by atoms with Crippen molar-refractivity contribution < 1.29 is 0 Å². The fourth-order valence-electron chi connectivity index (χ4n) is 3.68. The van der Waals surface area contributed by atoms with Gasteiger partial charge in [0, 0.05) is 55.4 Å². The number of fused-ring (bicyclic) bond motifs is 1. The SMILES string of the molecule is CN1CCN(c2ccc(-c3n[nH]c4ccc(-c5ccncc5)nc34)cc2)CC1. The maximum Gasteiger partial charge on any atom is 0.118 e. The van der Waals surface area contributed by atoms with Crippen LogP contribution < -0.4 is 4.90 Å². The van der Waals surface area contributed by atoms with Gasteiger partial charge in [0.1, 0.15) is 11.2 Å². The van der Waals surface area contributed by atoms with Gasteiger partial charge in [-0.3, -0.25) is 10.1 Å². The van der Waals surface area contributed by atoms with Crippen LogP contribution in [0.3, 0.4) is 0 Å². The van der Waals surface area contributed by atoms with E-state index >= 15 is 0 Å². The Labute approximate surface area is 163 Å². The molecule has 0 aliphatic carbocycles. The van der Waals surface area contributed by atoms with E-state index in [9.17, 15) is 0 Å². The van der Waals surface area contributed by atoms with Crippen LogP contribution in [0.15, 0.2) is 60.9 Å². The molecule has 0 radical (unpaired) electrons. The van der Waals surface area contributed by atoms with Gasteiger partial charge in [0.2, 0.25) is 0 Å². The van der Waals surface area contributed by atoms with Crippen LogP contribution in [0.25, 0.3) is 33.5 Å². The summed E-state index contributed by atoms with van der Waals surface area (Å²) in [4.78, 5) is 13.8. The van der Waals surface area contributed by atoms with E-state index in [1.165, 1.54) is 5.69 Å². The largest absolute Gasteiger partial charge is 0.369 e. The highest BCUT2D eigenvalue weighted by Crippen LogP contribution is 2.29. The molecule has 28 heavy (non-hydrogen) atoms. The first-order valence-electron chi connectivity index (χ1n) is 9.57. The summed E-state index contributed by atoms with van der Waals surface area (Å²) in [7, 11) is 2.18. The Hall–Kier alpha value is -3.25. The number of aromatic amines is 1. The predicted octanol–water partition coefficient (Wildman–Crippen LogP) is 3.44. The minimum atomic E-state index is 0.885. The molecule has 0 spiro atoms. The van der Waals surface area contributed by atoms with Crippen LogP contribution in [0.4, 0.5) is 5.69 Å². The Bertz CT molecular complexity index is 1080. The lowest BCUT2D eigenvalue weighted by Crippen LogP contribution is -2.44. The maximum absolute atomic E-state index is 4.86. The van der Waals surface area contributed by atoms with Crippen LogP contribution in [0.2, 0.25) is 0 Å². The van der Waals surface area contributed by atoms with Gasteiger partial charge in [-0.15, -0.1) is 0 Å². The quantitative estimate of drug-likeness (QED) is 0.599. The third-order valence-electron chi connectivity index (χ3n) is 5.39. The number of H-pyrrole nitrogens is 1. The van der Waals surface area contributed by atoms with Crippen LogP contribution in [0.5, 0.6) is 0 Å². The molecule has 4 aromatic rings. The van der Waals surface area contributed by atoms with Crippen molar-refractivity contribution in [3.8, 4) is 22.5 Å². The van der Waals surface area contributed by atoms with Gasteiger partial charge in [-0.1, -0.05) is 12.1 Å². The van der Waals surface area contributed by atoms with E-state index in [1.54, 1.807) is 12.4 Å². The Morgan fingerprint density at radius 3 is 2.32 bits per heavy atom. The molecule has 6 heteroatoms. The van der Waals surface area contributed by atoms with E-state index in [4.69, 9.17) is 4.98 Å². The first-order valence-corrected chi connectivity index (χ1v) is 9.57. The Balaban J connectivity index is 1.47. The molecular weight excluding hydrogens is 348 g/mol. The summed E-state index contributed by atoms with van der Waals surface area (Å²) in [5, 5.41) is 7.64. The molecule has 1 saturated heterocycles. The zero-order valence-electron chi connectivity index (χ0n) is 15.8. The molecule has 1 aliphatic heterocycles. The van der Waals surface area contributed by atoms with E-state index in [0.717, 1.165) is 59.7 Å². The number of rotatable bonds is 3. The summed E-state index contributed by atoms with van der Waals surface area (Å²) in [6.07, 6.45) is 3.57. The minimum absolute atomic E-state index is 0.885. The van der Waals surface area contributed by atoms with Crippen molar-refractivity contribution in [1.82, 2.24) is 25.1 Å². The van der Waals surface area contributed by atoms with Crippen LogP contribution in [0, 0.1) is 0 Å². The highest BCUT2D eigenvalue weighted by atomic mass is 15.2. The van der Waals surface area contributed by atoms with E-state index in [-0.39, 0.29) is 0 Å². The second-order valence-corrected chi connectivity index (χ2v) is 7.24. The van der Waals surface area contributed by atoms with Crippen molar-refractivity contribution in [2.75, 3.05) is 38.1 Å². The van der Waals surface area contributed by atoms with Gasteiger partial charge in [-0.2, -0.15) is 5.10 Å². The Morgan fingerprint density at radius 1 is 0.821 bits per heavy atom. The van der Waals surface area contributed by atoms with Crippen LogP contribution in [-0.2, 0) is 0 Å². The number of hydrogen-bond acceptors (Lipinski definition) is 5. The highest BCUT2D eigenvalue weighted by molar-refractivity contribution is 5.91. The summed E-state index contributed by atoms with van der Waals surface area (Å²) in [5.74, 6) is 0. The molecule has 0 unspecified atom stereocenters. The number of anilines is 1. The molecule has 0 saturated carbocycles. The fourth-order valence-corrected chi connectivity index (χ4v) is 3.68. The van der Waals surface area contributed by atoms with Gasteiger partial charge in [-0.05, 0) is 43.4 Å². The number of nitrogens with zero attached hydrogens (tertiary/aromatic N) is 5. The molecule has 140 valence electrons. The van der Waals surface area contributed by atoms with E-state index < -0.39 is 0 Å². The van der Waals surface area contributed by atoms with Gasteiger partial charge in [-0.25, -0.2) is 4.98 Å². The molecule has 6 nitrogen and oxygen atoms in total. The second kappa shape index (κ2) is 7.05. The van der Waals surface area contributed by atoms with Crippen LogP contribution in [0.1, 0.15) is 0 Å². The number of pyridine rings is 2. The van der Waals surface area contributed by atoms with Crippen molar-refractivity contribution in [2.45, 2.75) is 0 Å². The topological polar surface area (TPSA) is 60.9 Å². The van der Waals surface area contributed by atoms with Crippen LogP contribution in [-0.4, -0.2) is 58.3 Å². The Morgan fingerprint density at radius 2 is 1.57 bits per heavy atom. The van der Waals surface area contributed by atoms with Gasteiger partial charge in [0.25, 0.3) is 0 Å². The van der Waals surface area contributed by atoms with Crippen molar-refractivity contribution in [3.63, 3.8) is 0 Å². The van der Waals surface area contributed by atoms with Gasteiger partial charge in [0.15, 0.2) is 0 Å². The van der Waals surface area contributed by atoms with E-state index in [2.05, 4.69) is 56.3 Å². The lowest BCUT2D eigenvalue weighted by atomic mass is 10.1. The molecule has 5 rings (SSSR count). The summed E-state index contributed by atoms with van der Waals surface area (Å²) < 4.78 is 0. The van der Waals surface area contributed by atoms with E-state index in [1.807, 2.05) is 24.3 Å². The molecule has 0 atom stereocenters. The van der Waals surface area contributed by atoms with Crippen molar-refractivity contribution >= 4 is 16.7 Å². The van der Waals surface area contributed by atoms with Crippen LogP contribution >= 0.6 is 0 Å². The average molecular weight is 370 g/mol. The molecule has 3 aromatic heterocycles. The number of benzene rings is 1. The average Bonchev–Trinajstić information content (AvgIpc) is 3.18. The normalized spacial score (nSPS) is 15.2. The summed E-state index contributed by atoms with van der Waals surface area (Å²) in [5.41, 5.74) is 7.03. The zero-order valence-corrected chi connectivity index (χ0v) is 15.8. The first-order chi connectivity index (χ1) is 13.8. The maximum atomic E-state index is 4.86. The molecule has 0 bridgehead atoms. The van der Waals surface area contributed by atoms with Crippen molar-refractivity contribution in [2.24, 2.45) is 0 Å². The molecular formula is C22H22N6. The number of hydrogen-bond donors (Lipinski definition) is 1. The second-order valence-electron chi connectivity index (χ2n) is 7.24. The highest BCUT2D eigenvalue weighted by Gasteiger charge is 2.15. The Kier molecular flexibility index (Phi) is 4.25. The number of likely N-dealkylation sites (N-methyl/N-ethyl adjacent to an activating group) is 1. The fraction of sp³-hybridized carbons (Fsp3) is 0.227. The van der Waals surface area contributed by atoms with Crippen molar-refractivity contribution in [1.29, 1.82) is 0 Å². The molecule has 1 fully saturated rings. The van der Waals surface area contributed by atoms with Gasteiger partial charge >= 0.3 is 0 Å². The predicted molar refractivity (Wildman–Crippen MR) is 112 cm³/mol. The lowest BCUT2D eigenvalue weighted by Gasteiger charge is -2.34. The summed E-state index contributed by atoms with van der Waals surface area (Å²) >= 11 is 0. The molecule has 1 aliphatic rings. The number of aromatic nitrogens is 4. The monoisotopic (exact) mass is 370 g/mol. The number of nitrogens with one attached hydrogen (secondary N) is 1. The van der Waals surface area contributed by atoms with E-state index in [0.29, 0.717) is 0 Å². The third kappa shape index (κ3) is 3.12. The zero-order chi connectivity index (χ0) is 18.9. The molecule has 4 heterocycles. The lowest BCUT2D eigenvalue weighted by molar-refractivity contribution is 0.313. The smallest absolute Gasteiger partial charge is 0.118 e. The molecule has 0 amide bonds. The third-order valence-corrected chi connectivity index (χ3v) is 5.39. The van der Waals surface area contributed by atoms with Gasteiger partial charge in [0.05, 0.1) is 11.2 Å². The van der Waals surface area contributed by atoms with Gasteiger partial charge < -0.3 is 9.80 Å². The first kappa shape index (κ1) is 16.9. The van der Waals surface area contributed by atoms with Crippen molar-refractivity contribution in [3.05, 3.63) is 60.9 Å². The standard InChI is InChI=1S/C22H22N6/c1-27-12-14-28(15-13-27)18-4-2-17(3-5-18)21-22-20(25-26-21)7-6-19(24-22)16-8-10-23-11-9-16/h2-11H,12-15H2,1H3,(H,25,26). The summed E-state index contributed by atoms with van der Waals surface area (Å²) in [6.45, 7) is 4.34. The number of piperazine rings is 1. The summed E-state index contributed by atoms with van der Waals surface area (Å²) in [6, 6.07) is 16.6.